The first-order chi connectivity index (χ1) is 16.1. The summed E-state index contributed by atoms with van der Waals surface area (Å²) in [5.41, 5.74) is 0.778. The molecule has 7 nitrogen and oxygen atoms in total. The topological polar surface area (TPSA) is 94.2 Å². The Balaban J connectivity index is 1.68. The van der Waals surface area contributed by atoms with E-state index in [0.29, 0.717) is 24.1 Å². The fourth-order valence-electron chi connectivity index (χ4n) is 5.02. The molecule has 0 saturated heterocycles. The van der Waals surface area contributed by atoms with Crippen molar-refractivity contribution in [1.82, 2.24) is 14.7 Å². The van der Waals surface area contributed by atoms with Crippen molar-refractivity contribution < 1.29 is 23.1 Å². The van der Waals surface area contributed by atoms with Gasteiger partial charge in [0, 0.05) is 36.7 Å². The first-order valence-corrected chi connectivity index (χ1v) is 11.4. The number of nitrogens with one attached hydrogen (secondary N) is 1. The predicted molar refractivity (Wildman–Crippen MR) is 119 cm³/mol. The molecule has 10 heteroatoms. The number of fused-ring (bicyclic) bond motifs is 3. The number of hydrogen-bond donors (Lipinski definition) is 2. The number of aliphatic hydroxyl groups is 1. The predicted octanol–water partition coefficient (Wildman–Crippen LogP) is 4.56. The molecule has 2 aliphatic heterocycles. The highest BCUT2D eigenvalue weighted by molar-refractivity contribution is 5.90. The summed E-state index contributed by atoms with van der Waals surface area (Å²) in [5.74, 6) is -4.40. The van der Waals surface area contributed by atoms with Gasteiger partial charge in [-0.3, -0.25) is 4.68 Å². The molecule has 2 aromatic rings. The highest BCUT2D eigenvalue weighted by Crippen LogP contribution is 2.46. The van der Waals surface area contributed by atoms with Crippen LogP contribution in [0.4, 0.5) is 23.7 Å². The Bertz CT molecular complexity index is 1140. The fraction of sp³-hybridized carbons (Fsp3) is 0.542. The summed E-state index contributed by atoms with van der Waals surface area (Å²) in [7, 11) is 0. The van der Waals surface area contributed by atoms with Gasteiger partial charge in [-0.2, -0.15) is 19.1 Å². The Labute approximate surface area is 196 Å². The van der Waals surface area contributed by atoms with Crippen LogP contribution in [0.15, 0.2) is 18.2 Å². The summed E-state index contributed by atoms with van der Waals surface area (Å²) in [6.45, 7) is 5.35. The molecule has 3 atom stereocenters. The third-order valence-electron chi connectivity index (χ3n) is 6.85. The Hall–Kier alpha value is -3.06. The van der Waals surface area contributed by atoms with E-state index < -0.39 is 30.1 Å². The molecule has 2 amide bonds. The summed E-state index contributed by atoms with van der Waals surface area (Å²) in [5, 5.41) is 25.9. The van der Waals surface area contributed by atoms with Crippen LogP contribution < -0.4 is 5.32 Å². The van der Waals surface area contributed by atoms with Crippen molar-refractivity contribution in [3.63, 3.8) is 0 Å². The number of rotatable bonds is 3. The number of aromatic nitrogens is 2. The number of nitriles is 1. The smallest absolute Gasteiger partial charge is 0.322 e. The van der Waals surface area contributed by atoms with Crippen LogP contribution in [-0.2, 0) is 18.9 Å². The van der Waals surface area contributed by atoms with Crippen LogP contribution in [0.3, 0.4) is 0 Å². The van der Waals surface area contributed by atoms with Gasteiger partial charge in [-0.25, -0.2) is 9.18 Å². The largest absolute Gasteiger partial charge is 0.396 e. The second-order valence-electron chi connectivity index (χ2n) is 9.64. The molecule has 2 N–H and O–H groups in total. The maximum absolute atomic E-state index is 15.5. The molecule has 3 heterocycles. The van der Waals surface area contributed by atoms with Gasteiger partial charge in [-0.05, 0) is 43.4 Å². The van der Waals surface area contributed by atoms with E-state index in [1.165, 1.54) is 21.7 Å². The van der Waals surface area contributed by atoms with Gasteiger partial charge < -0.3 is 15.3 Å². The fourth-order valence-corrected chi connectivity index (χ4v) is 5.02. The third-order valence-corrected chi connectivity index (χ3v) is 6.85. The first-order valence-electron chi connectivity index (χ1n) is 11.4. The first kappa shape index (κ1) is 24.1. The Morgan fingerprint density at radius 3 is 2.79 bits per heavy atom. The van der Waals surface area contributed by atoms with Gasteiger partial charge in [0.05, 0.1) is 23.8 Å². The lowest BCUT2D eigenvalue weighted by atomic mass is 9.90. The highest BCUT2D eigenvalue weighted by atomic mass is 19.3. The zero-order chi connectivity index (χ0) is 24.8. The molecule has 0 aliphatic carbocycles. The lowest BCUT2D eigenvalue weighted by molar-refractivity contribution is -0.0386. The summed E-state index contributed by atoms with van der Waals surface area (Å²) in [6.07, 6.45) is 0.252. The van der Waals surface area contributed by atoms with Gasteiger partial charge in [-0.1, -0.05) is 13.8 Å². The number of aliphatic hydroxyl groups excluding tert-OH is 1. The van der Waals surface area contributed by atoms with E-state index in [2.05, 4.69) is 10.4 Å². The summed E-state index contributed by atoms with van der Waals surface area (Å²) < 4.78 is 46.0. The standard InChI is InChI=1S/C24H28F3N5O2/c1-13(2)21-7-15(12-33)9-24(26,27)22-18-11-31(14(3)6-20(18)30-32(21)22)23(34)29-17-4-5-19(25)16(8-17)10-28/h4-5,8,13-15,21,33H,6-7,9,11-12H2,1-3H3,(H,29,34)/t14-,15+,21?/m1/s1. The van der Waals surface area contributed by atoms with Gasteiger partial charge in [0.25, 0.3) is 5.92 Å². The number of halogens is 3. The molecule has 0 saturated carbocycles. The number of urea groups is 1. The Morgan fingerprint density at radius 1 is 1.41 bits per heavy atom. The molecule has 1 aromatic heterocycles. The van der Waals surface area contributed by atoms with Crippen LogP contribution in [-0.4, -0.2) is 38.5 Å². The number of anilines is 1. The Kier molecular flexibility index (Phi) is 6.34. The molecule has 0 radical (unpaired) electrons. The number of nitrogens with zero attached hydrogens (tertiary/aromatic N) is 4. The number of carbonyl (C=O) groups is 1. The van der Waals surface area contributed by atoms with E-state index in [-0.39, 0.29) is 48.1 Å². The average Bonchev–Trinajstić information content (AvgIpc) is 3.10. The van der Waals surface area contributed by atoms with E-state index in [4.69, 9.17) is 5.26 Å². The van der Waals surface area contributed by atoms with Crippen LogP contribution in [0, 0.1) is 29.0 Å². The van der Waals surface area contributed by atoms with Crippen molar-refractivity contribution >= 4 is 11.7 Å². The van der Waals surface area contributed by atoms with Gasteiger partial charge in [-0.15, -0.1) is 0 Å². The maximum Gasteiger partial charge on any atom is 0.322 e. The zero-order valence-corrected chi connectivity index (χ0v) is 19.4. The van der Waals surface area contributed by atoms with Crippen molar-refractivity contribution in [2.24, 2.45) is 11.8 Å². The lowest BCUT2D eigenvalue weighted by Crippen LogP contribution is -2.45. The highest BCUT2D eigenvalue weighted by Gasteiger charge is 2.48. The second-order valence-corrected chi connectivity index (χ2v) is 9.64. The van der Waals surface area contributed by atoms with E-state index in [1.54, 1.807) is 6.07 Å². The van der Waals surface area contributed by atoms with Crippen LogP contribution in [0.25, 0.3) is 0 Å². The van der Waals surface area contributed by atoms with Crippen LogP contribution in [0.5, 0.6) is 0 Å². The van der Waals surface area contributed by atoms with Gasteiger partial charge in [0.1, 0.15) is 17.6 Å². The third kappa shape index (κ3) is 4.25. The van der Waals surface area contributed by atoms with Crippen LogP contribution >= 0.6 is 0 Å². The van der Waals surface area contributed by atoms with E-state index in [0.717, 1.165) is 6.07 Å². The maximum atomic E-state index is 15.5. The molecular weight excluding hydrogens is 447 g/mol. The summed E-state index contributed by atoms with van der Waals surface area (Å²) >= 11 is 0. The summed E-state index contributed by atoms with van der Waals surface area (Å²) in [4.78, 5) is 14.5. The molecule has 4 rings (SSSR count). The minimum Gasteiger partial charge on any atom is -0.396 e. The van der Waals surface area contributed by atoms with E-state index >= 15 is 8.78 Å². The Morgan fingerprint density at radius 2 is 2.15 bits per heavy atom. The van der Waals surface area contributed by atoms with Crippen LogP contribution in [0.1, 0.15) is 62.2 Å². The number of amides is 2. The molecular formula is C24H28F3N5O2. The molecule has 0 spiro atoms. The van der Waals surface area contributed by atoms with E-state index in [1.807, 2.05) is 20.8 Å². The molecule has 0 bridgehead atoms. The minimum absolute atomic E-state index is 0.0349. The molecule has 2 aliphatic rings. The molecule has 1 unspecified atom stereocenters. The minimum atomic E-state index is -3.20. The zero-order valence-electron chi connectivity index (χ0n) is 19.4. The van der Waals surface area contributed by atoms with Crippen molar-refractivity contribution in [2.75, 3.05) is 11.9 Å². The van der Waals surface area contributed by atoms with Crippen molar-refractivity contribution in [3.05, 3.63) is 46.5 Å². The monoisotopic (exact) mass is 475 g/mol. The van der Waals surface area contributed by atoms with Gasteiger partial charge >= 0.3 is 6.03 Å². The lowest BCUT2D eigenvalue weighted by Gasteiger charge is -2.34. The van der Waals surface area contributed by atoms with Gasteiger partial charge in [0.2, 0.25) is 0 Å². The average molecular weight is 476 g/mol. The molecule has 0 fully saturated rings. The van der Waals surface area contributed by atoms with Crippen molar-refractivity contribution in [2.45, 2.75) is 64.6 Å². The van der Waals surface area contributed by atoms with Crippen molar-refractivity contribution in [1.29, 1.82) is 5.26 Å². The number of alkyl halides is 2. The second kappa shape index (κ2) is 8.95. The van der Waals surface area contributed by atoms with E-state index in [9.17, 15) is 14.3 Å². The number of carbonyl (C=O) groups excluding carboxylic acids is 1. The number of benzene rings is 1. The SMILES string of the molecule is CC(C)C1C[C@H](CO)CC(F)(F)c2c3c(nn21)C[C@@H](C)N(C(=O)Nc1ccc(F)c(C#N)c1)C3. The van der Waals surface area contributed by atoms with Crippen molar-refractivity contribution in [3.8, 4) is 6.07 Å². The van der Waals surface area contributed by atoms with Crippen LogP contribution in [0.2, 0.25) is 0 Å². The number of hydrogen-bond acceptors (Lipinski definition) is 4. The molecule has 34 heavy (non-hydrogen) atoms. The molecule has 1 aromatic carbocycles. The molecule has 182 valence electrons. The normalized spacial score (nSPS) is 23.6. The quantitative estimate of drug-likeness (QED) is 0.680. The summed E-state index contributed by atoms with van der Waals surface area (Å²) in [6, 6.07) is 4.27. The van der Waals surface area contributed by atoms with Gasteiger partial charge in [0.15, 0.2) is 0 Å².